The first-order chi connectivity index (χ1) is 16.5. The van der Waals surface area contributed by atoms with E-state index in [2.05, 4.69) is 0 Å². The lowest BCUT2D eigenvalue weighted by molar-refractivity contribution is -0.140. The van der Waals surface area contributed by atoms with Gasteiger partial charge in [0.2, 0.25) is 0 Å². The van der Waals surface area contributed by atoms with Crippen molar-refractivity contribution in [3.63, 3.8) is 0 Å². The molecule has 1 aliphatic heterocycles. The Morgan fingerprint density at radius 2 is 1.79 bits per heavy atom. The molecule has 1 amide bonds. The van der Waals surface area contributed by atoms with Crippen LogP contribution < -0.4 is 4.74 Å². The van der Waals surface area contributed by atoms with Gasteiger partial charge in [-0.1, -0.05) is 42.5 Å². The van der Waals surface area contributed by atoms with Crippen LogP contribution >= 0.6 is 0 Å². The van der Waals surface area contributed by atoms with E-state index in [0.29, 0.717) is 30.8 Å². The third kappa shape index (κ3) is 4.34. The Balaban J connectivity index is 1.86. The first kappa shape index (κ1) is 23.3. The summed E-state index contributed by atoms with van der Waals surface area (Å²) in [6.07, 6.45) is 0.520. The highest BCUT2D eigenvalue weighted by Crippen LogP contribution is 2.42. The number of nitrogens with zero attached hydrogens (tertiary/aromatic N) is 1. The van der Waals surface area contributed by atoms with E-state index in [-0.39, 0.29) is 29.4 Å². The molecule has 1 atom stereocenters. The number of carbonyl (C=O) groups is 2. The van der Waals surface area contributed by atoms with Crippen molar-refractivity contribution in [2.45, 2.75) is 19.4 Å². The molecule has 7 nitrogen and oxygen atoms in total. The second-order valence-electron chi connectivity index (χ2n) is 8.06. The maximum atomic E-state index is 13.2. The number of methoxy groups -OCH3 is 1. The van der Waals surface area contributed by atoms with Gasteiger partial charge < -0.3 is 24.6 Å². The zero-order chi connectivity index (χ0) is 24.2. The van der Waals surface area contributed by atoms with Crippen molar-refractivity contribution >= 4 is 28.2 Å². The van der Waals surface area contributed by atoms with Gasteiger partial charge in [0.15, 0.2) is 11.5 Å². The first-order valence-corrected chi connectivity index (χ1v) is 11.2. The van der Waals surface area contributed by atoms with Crippen LogP contribution in [-0.2, 0) is 14.3 Å². The maximum absolute atomic E-state index is 13.2. The highest BCUT2D eigenvalue weighted by Gasteiger charge is 2.46. The van der Waals surface area contributed by atoms with E-state index in [9.17, 15) is 19.8 Å². The van der Waals surface area contributed by atoms with E-state index in [4.69, 9.17) is 9.47 Å². The fourth-order valence-corrected chi connectivity index (χ4v) is 4.30. The number of aliphatic hydroxyl groups is 1. The number of likely N-dealkylation sites (tertiary alicyclic amines) is 1. The summed E-state index contributed by atoms with van der Waals surface area (Å²) < 4.78 is 10.6. The lowest BCUT2D eigenvalue weighted by atomic mass is 9.94. The second kappa shape index (κ2) is 9.97. The van der Waals surface area contributed by atoms with E-state index in [1.165, 1.54) is 11.0 Å². The van der Waals surface area contributed by atoms with Crippen molar-refractivity contribution in [1.29, 1.82) is 0 Å². The minimum Gasteiger partial charge on any atom is -0.507 e. The SMILES string of the molecule is CCOc1cc(C2/C(=C(\O)c3ccc4ccccc4c3)C(=O)C(=O)N2CCCOC)ccc1O. The predicted octanol–water partition coefficient (Wildman–Crippen LogP) is 4.40. The van der Waals surface area contributed by atoms with Crippen molar-refractivity contribution in [3.05, 3.63) is 77.4 Å². The molecular weight excluding hydrogens is 434 g/mol. The van der Waals surface area contributed by atoms with Crippen molar-refractivity contribution < 1.29 is 29.3 Å². The van der Waals surface area contributed by atoms with E-state index < -0.39 is 17.7 Å². The Bertz CT molecular complexity index is 1260. The number of benzene rings is 3. The number of ether oxygens (including phenoxy) is 2. The third-order valence-electron chi connectivity index (χ3n) is 5.91. The van der Waals surface area contributed by atoms with Crippen LogP contribution in [0.5, 0.6) is 11.5 Å². The Morgan fingerprint density at radius 1 is 1.03 bits per heavy atom. The Kier molecular flexibility index (Phi) is 6.84. The number of ketones is 1. The molecule has 1 fully saturated rings. The highest BCUT2D eigenvalue weighted by atomic mass is 16.5. The van der Waals surface area contributed by atoms with Crippen LogP contribution in [-0.4, -0.2) is 53.7 Å². The lowest BCUT2D eigenvalue weighted by Gasteiger charge is -2.25. The van der Waals surface area contributed by atoms with Gasteiger partial charge in [0.05, 0.1) is 18.2 Å². The van der Waals surface area contributed by atoms with Crippen LogP contribution in [0.4, 0.5) is 0 Å². The molecule has 176 valence electrons. The molecule has 0 spiro atoms. The first-order valence-electron chi connectivity index (χ1n) is 11.2. The van der Waals surface area contributed by atoms with Crippen LogP contribution in [0, 0.1) is 0 Å². The number of phenols is 1. The Morgan fingerprint density at radius 3 is 2.53 bits per heavy atom. The van der Waals surface area contributed by atoms with Crippen LogP contribution in [0.2, 0.25) is 0 Å². The fourth-order valence-electron chi connectivity index (χ4n) is 4.30. The number of aromatic hydroxyl groups is 1. The molecule has 3 aromatic carbocycles. The summed E-state index contributed by atoms with van der Waals surface area (Å²) in [4.78, 5) is 27.6. The van der Waals surface area contributed by atoms with E-state index in [1.807, 2.05) is 30.3 Å². The number of carbonyl (C=O) groups excluding carboxylic acids is 2. The highest BCUT2D eigenvalue weighted by molar-refractivity contribution is 6.46. The van der Waals surface area contributed by atoms with Gasteiger partial charge in [-0.3, -0.25) is 9.59 Å². The summed E-state index contributed by atoms with van der Waals surface area (Å²) in [6, 6.07) is 17.0. The number of hydrogen-bond donors (Lipinski definition) is 2. The van der Waals surface area contributed by atoms with Gasteiger partial charge >= 0.3 is 0 Å². The lowest BCUT2D eigenvalue weighted by Crippen LogP contribution is -2.31. The molecule has 4 rings (SSSR count). The summed E-state index contributed by atoms with van der Waals surface area (Å²) in [5.74, 6) is -1.48. The molecule has 1 aliphatic rings. The average Bonchev–Trinajstić information content (AvgIpc) is 3.10. The maximum Gasteiger partial charge on any atom is 0.295 e. The second-order valence-corrected chi connectivity index (χ2v) is 8.06. The summed E-state index contributed by atoms with van der Waals surface area (Å²) in [6.45, 7) is 2.81. The molecule has 0 aromatic heterocycles. The molecule has 7 heteroatoms. The van der Waals surface area contributed by atoms with E-state index >= 15 is 0 Å². The van der Waals surface area contributed by atoms with Crippen molar-refractivity contribution in [2.24, 2.45) is 0 Å². The molecule has 2 N–H and O–H groups in total. The number of fused-ring (bicyclic) bond motifs is 1. The molecule has 0 aliphatic carbocycles. The van der Waals surface area contributed by atoms with Crippen LogP contribution in [0.15, 0.2) is 66.2 Å². The number of amides is 1. The molecular formula is C27H27NO6. The van der Waals surface area contributed by atoms with Gasteiger partial charge in [-0.15, -0.1) is 0 Å². The smallest absolute Gasteiger partial charge is 0.295 e. The fraction of sp³-hybridized carbons (Fsp3) is 0.259. The van der Waals surface area contributed by atoms with Gasteiger partial charge in [0, 0.05) is 25.8 Å². The number of hydrogen-bond acceptors (Lipinski definition) is 6. The average molecular weight is 462 g/mol. The number of phenolic OH excluding ortho intramolecular Hbond substituents is 1. The van der Waals surface area contributed by atoms with Gasteiger partial charge in [-0.2, -0.15) is 0 Å². The quantitative estimate of drug-likeness (QED) is 0.223. The molecule has 1 unspecified atom stereocenters. The number of Topliss-reactive ketones (excluding diaryl/α,β-unsaturated/α-hetero) is 1. The standard InChI is InChI=1S/C27H27NO6/c1-3-34-22-16-19(11-12-21(22)29)24-23(26(31)27(32)28(24)13-6-14-33-2)25(30)20-10-9-17-7-4-5-8-18(17)15-20/h4-5,7-12,15-16,24,29-30H,3,6,13-14H2,1-2H3/b25-23+. The summed E-state index contributed by atoms with van der Waals surface area (Å²) in [5.41, 5.74) is 1.01. The normalized spacial score (nSPS) is 17.5. The summed E-state index contributed by atoms with van der Waals surface area (Å²) in [7, 11) is 1.57. The topological polar surface area (TPSA) is 96.3 Å². The molecule has 1 saturated heterocycles. The predicted molar refractivity (Wildman–Crippen MR) is 129 cm³/mol. The minimum atomic E-state index is -0.830. The summed E-state index contributed by atoms with van der Waals surface area (Å²) in [5, 5.41) is 23.3. The molecule has 0 saturated carbocycles. The zero-order valence-electron chi connectivity index (χ0n) is 19.2. The van der Waals surface area contributed by atoms with Crippen LogP contribution in [0.1, 0.15) is 30.5 Å². The largest absolute Gasteiger partial charge is 0.507 e. The zero-order valence-corrected chi connectivity index (χ0v) is 19.2. The third-order valence-corrected chi connectivity index (χ3v) is 5.91. The molecule has 34 heavy (non-hydrogen) atoms. The molecule has 3 aromatic rings. The van der Waals surface area contributed by atoms with Crippen molar-refractivity contribution in [1.82, 2.24) is 4.90 Å². The van der Waals surface area contributed by atoms with Gasteiger partial charge in [-0.25, -0.2) is 0 Å². The molecule has 0 radical (unpaired) electrons. The Labute approximate surface area is 197 Å². The van der Waals surface area contributed by atoms with E-state index in [1.54, 1.807) is 38.3 Å². The number of aliphatic hydroxyl groups excluding tert-OH is 1. The monoisotopic (exact) mass is 461 g/mol. The van der Waals surface area contributed by atoms with E-state index in [0.717, 1.165) is 10.8 Å². The van der Waals surface area contributed by atoms with Crippen molar-refractivity contribution in [2.75, 3.05) is 26.9 Å². The van der Waals surface area contributed by atoms with Gasteiger partial charge in [0.25, 0.3) is 11.7 Å². The number of rotatable bonds is 8. The van der Waals surface area contributed by atoms with Crippen LogP contribution in [0.3, 0.4) is 0 Å². The van der Waals surface area contributed by atoms with Gasteiger partial charge in [0.1, 0.15) is 5.76 Å². The van der Waals surface area contributed by atoms with Crippen LogP contribution in [0.25, 0.3) is 16.5 Å². The summed E-state index contributed by atoms with van der Waals surface area (Å²) >= 11 is 0. The molecule has 0 bridgehead atoms. The molecule has 1 heterocycles. The van der Waals surface area contributed by atoms with Gasteiger partial charge in [-0.05, 0) is 47.9 Å². The van der Waals surface area contributed by atoms with Crippen molar-refractivity contribution in [3.8, 4) is 11.5 Å². The Hall–Kier alpha value is -3.84. The minimum absolute atomic E-state index is 0.00540.